The molecule has 94 valence electrons. The van der Waals surface area contributed by atoms with E-state index in [0.717, 1.165) is 8.95 Å². The fourth-order valence-corrected chi connectivity index (χ4v) is 2.47. The van der Waals surface area contributed by atoms with E-state index in [2.05, 4.69) is 53.1 Å². The average Bonchev–Trinajstić information content (AvgIpc) is 2.15. The molecule has 0 fully saturated rings. The molecule has 2 nitrogen and oxygen atoms in total. The van der Waals surface area contributed by atoms with Gasteiger partial charge in [0.15, 0.2) is 0 Å². The first-order chi connectivity index (χ1) is 7.74. The molecule has 0 aliphatic heterocycles. The molecule has 0 radical (unpaired) electrons. The summed E-state index contributed by atoms with van der Waals surface area (Å²) in [4.78, 5) is 12.3. The van der Waals surface area contributed by atoms with Crippen molar-refractivity contribution in [3.05, 3.63) is 32.7 Å². The van der Waals surface area contributed by atoms with Gasteiger partial charge in [0.2, 0.25) is 0 Å². The molecule has 0 aromatic heterocycles. The van der Waals surface area contributed by atoms with E-state index >= 15 is 0 Å². The van der Waals surface area contributed by atoms with Crippen molar-refractivity contribution in [3.63, 3.8) is 0 Å². The molecular weight excluding hydrogens is 414 g/mol. The summed E-state index contributed by atoms with van der Waals surface area (Å²) in [5.74, 6) is -0.0827. The fraction of sp³-hybridized carbons (Fsp3) is 0.417. The number of carbonyl (C=O) groups is 1. The van der Waals surface area contributed by atoms with Crippen LogP contribution in [0.15, 0.2) is 27.1 Å². The maximum absolute atomic E-state index is 12.1. The van der Waals surface area contributed by atoms with Crippen molar-refractivity contribution < 1.29 is 4.79 Å². The van der Waals surface area contributed by atoms with Crippen molar-refractivity contribution in [1.29, 1.82) is 0 Å². The zero-order valence-corrected chi connectivity index (χ0v) is 14.6. The standard InChI is InChI=1S/C12H14Br3NO/c1-7(13)12(2,3)16-11(17)9-5-4-8(14)6-10(9)15/h4-7H,1-3H3,(H,16,17). The SMILES string of the molecule is CC(Br)C(C)(C)NC(=O)c1ccc(Br)cc1Br. The molecule has 0 saturated carbocycles. The van der Waals surface area contributed by atoms with Crippen LogP contribution in [0.4, 0.5) is 0 Å². The second-order valence-corrected chi connectivity index (χ2v) is 7.56. The molecule has 0 bridgehead atoms. The number of carbonyl (C=O) groups excluding carboxylic acids is 1. The van der Waals surface area contributed by atoms with Crippen molar-refractivity contribution in [3.8, 4) is 0 Å². The van der Waals surface area contributed by atoms with Gasteiger partial charge in [0.25, 0.3) is 5.91 Å². The summed E-state index contributed by atoms with van der Waals surface area (Å²) in [5, 5.41) is 3.00. The summed E-state index contributed by atoms with van der Waals surface area (Å²) in [6.07, 6.45) is 0. The lowest BCUT2D eigenvalue weighted by Crippen LogP contribution is -2.48. The van der Waals surface area contributed by atoms with Crippen LogP contribution in [0.2, 0.25) is 0 Å². The van der Waals surface area contributed by atoms with E-state index in [9.17, 15) is 4.79 Å². The van der Waals surface area contributed by atoms with E-state index in [1.807, 2.05) is 32.9 Å². The molecule has 5 heteroatoms. The van der Waals surface area contributed by atoms with Gasteiger partial charge in [0.05, 0.1) is 5.56 Å². The van der Waals surface area contributed by atoms with Crippen LogP contribution in [-0.4, -0.2) is 16.3 Å². The lowest BCUT2D eigenvalue weighted by atomic mass is 10.0. The van der Waals surface area contributed by atoms with Crippen LogP contribution in [0.25, 0.3) is 0 Å². The Hall–Kier alpha value is 0.130. The molecular formula is C12H14Br3NO. The van der Waals surface area contributed by atoms with Gasteiger partial charge >= 0.3 is 0 Å². The van der Waals surface area contributed by atoms with Crippen molar-refractivity contribution in [1.82, 2.24) is 5.32 Å². The van der Waals surface area contributed by atoms with Gasteiger partial charge in [0, 0.05) is 19.3 Å². The molecule has 17 heavy (non-hydrogen) atoms. The highest BCUT2D eigenvalue weighted by Gasteiger charge is 2.26. The lowest BCUT2D eigenvalue weighted by Gasteiger charge is -2.29. The molecule has 1 aromatic carbocycles. The highest BCUT2D eigenvalue weighted by Crippen LogP contribution is 2.23. The number of rotatable bonds is 3. The predicted octanol–water partition coefficient (Wildman–Crippen LogP) is 4.50. The summed E-state index contributed by atoms with van der Waals surface area (Å²) in [5.41, 5.74) is 0.332. The highest BCUT2D eigenvalue weighted by molar-refractivity contribution is 9.11. The minimum atomic E-state index is -0.302. The summed E-state index contributed by atoms with van der Waals surface area (Å²) >= 11 is 10.2. The molecule has 1 amide bonds. The van der Waals surface area contributed by atoms with Crippen LogP contribution in [0.5, 0.6) is 0 Å². The Morgan fingerprint density at radius 1 is 1.35 bits per heavy atom. The van der Waals surface area contributed by atoms with Crippen LogP contribution in [-0.2, 0) is 0 Å². The van der Waals surface area contributed by atoms with Gasteiger partial charge in [-0.2, -0.15) is 0 Å². The van der Waals surface area contributed by atoms with E-state index < -0.39 is 0 Å². The molecule has 0 aliphatic rings. The van der Waals surface area contributed by atoms with Gasteiger partial charge in [-0.15, -0.1) is 0 Å². The molecule has 1 N–H and O–H groups in total. The van der Waals surface area contributed by atoms with Crippen LogP contribution in [0, 0.1) is 0 Å². The van der Waals surface area contributed by atoms with Gasteiger partial charge in [-0.3, -0.25) is 4.79 Å². The van der Waals surface area contributed by atoms with Crippen molar-refractivity contribution in [2.75, 3.05) is 0 Å². The van der Waals surface area contributed by atoms with E-state index in [1.54, 1.807) is 6.07 Å². The topological polar surface area (TPSA) is 29.1 Å². The van der Waals surface area contributed by atoms with Crippen molar-refractivity contribution in [2.45, 2.75) is 31.1 Å². The average molecular weight is 428 g/mol. The number of alkyl halides is 1. The third kappa shape index (κ3) is 4.07. The Morgan fingerprint density at radius 3 is 2.41 bits per heavy atom. The first-order valence-corrected chi connectivity index (χ1v) is 7.66. The number of amides is 1. The van der Waals surface area contributed by atoms with Gasteiger partial charge in [0.1, 0.15) is 0 Å². The second-order valence-electron chi connectivity index (χ2n) is 4.42. The highest BCUT2D eigenvalue weighted by atomic mass is 79.9. The predicted molar refractivity (Wildman–Crippen MR) is 81.8 cm³/mol. The van der Waals surface area contributed by atoms with E-state index in [1.165, 1.54) is 0 Å². The Kier molecular flexibility index (Phi) is 5.22. The molecule has 0 heterocycles. The second kappa shape index (κ2) is 5.85. The van der Waals surface area contributed by atoms with Crippen molar-refractivity contribution in [2.24, 2.45) is 0 Å². The maximum atomic E-state index is 12.1. The summed E-state index contributed by atoms with van der Waals surface area (Å²) in [6, 6.07) is 5.50. The molecule has 1 rings (SSSR count). The van der Waals surface area contributed by atoms with Gasteiger partial charge in [-0.25, -0.2) is 0 Å². The number of halogens is 3. The Balaban J connectivity index is 2.91. The molecule has 0 saturated heterocycles. The number of nitrogens with one attached hydrogen (secondary N) is 1. The number of hydrogen-bond donors (Lipinski definition) is 1. The zero-order valence-electron chi connectivity index (χ0n) is 9.85. The fourth-order valence-electron chi connectivity index (χ4n) is 1.13. The Labute approximate surface area is 127 Å². The molecule has 1 atom stereocenters. The molecule has 0 aliphatic carbocycles. The smallest absolute Gasteiger partial charge is 0.252 e. The first kappa shape index (κ1) is 15.2. The van der Waals surface area contributed by atoms with Crippen LogP contribution in [0.3, 0.4) is 0 Å². The lowest BCUT2D eigenvalue weighted by molar-refractivity contribution is 0.0913. The monoisotopic (exact) mass is 425 g/mol. The van der Waals surface area contributed by atoms with Crippen LogP contribution < -0.4 is 5.32 Å². The molecule has 0 spiro atoms. The zero-order chi connectivity index (χ0) is 13.2. The minimum absolute atomic E-state index is 0.0827. The van der Waals surface area contributed by atoms with Gasteiger partial charge in [-0.1, -0.05) is 38.8 Å². The van der Waals surface area contributed by atoms with E-state index in [4.69, 9.17) is 0 Å². The Morgan fingerprint density at radius 2 is 1.94 bits per heavy atom. The summed E-state index contributed by atoms with van der Waals surface area (Å²) in [7, 11) is 0. The molecule has 1 aromatic rings. The first-order valence-electron chi connectivity index (χ1n) is 5.15. The van der Waals surface area contributed by atoms with Crippen LogP contribution in [0.1, 0.15) is 31.1 Å². The quantitative estimate of drug-likeness (QED) is 0.707. The summed E-state index contributed by atoms with van der Waals surface area (Å²) in [6.45, 7) is 5.98. The number of hydrogen-bond acceptors (Lipinski definition) is 1. The largest absolute Gasteiger partial charge is 0.346 e. The van der Waals surface area contributed by atoms with E-state index in [0.29, 0.717) is 5.56 Å². The number of benzene rings is 1. The van der Waals surface area contributed by atoms with Gasteiger partial charge < -0.3 is 5.32 Å². The van der Waals surface area contributed by atoms with Gasteiger partial charge in [-0.05, 0) is 48.0 Å². The summed E-state index contributed by atoms with van der Waals surface area (Å²) < 4.78 is 1.72. The normalized spacial score (nSPS) is 13.3. The third-order valence-corrected chi connectivity index (χ3v) is 4.90. The third-order valence-electron chi connectivity index (χ3n) is 2.61. The van der Waals surface area contributed by atoms with Crippen molar-refractivity contribution >= 4 is 53.7 Å². The minimum Gasteiger partial charge on any atom is -0.346 e. The maximum Gasteiger partial charge on any atom is 0.252 e. The van der Waals surface area contributed by atoms with Crippen LogP contribution >= 0.6 is 47.8 Å². The molecule has 1 unspecified atom stereocenters. The van der Waals surface area contributed by atoms with E-state index in [-0.39, 0.29) is 16.3 Å². The Bertz CT molecular complexity index is 430.